The van der Waals surface area contributed by atoms with Crippen LogP contribution in [0, 0.1) is 13.8 Å². The topological polar surface area (TPSA) is 80.4 Å². The molecule has 1 saturated heterocycles. The number of pyridine rings is 1. The second-order valence-corrected chi connectivity index (χ2v) is 6.67. The minimum absolute atomic E-state index is 0.0529. The molecular formula is C18H26N6O. The molecule has 0 amide bonds. The summed E-state index contributed by atoms with van der Waals surface area (Å²) in [6, 6.07) is 6.15. The fraction of sp³-hybridized carbons (Fsp3) is 0.500. The van der Waals surface area contributed by atoms with E-state index in [4.69, 9.17) is 10.5 Å². The SMILES string of the molecule is Cc1cc(N2CCN(c3cc(OC(C)C)nc(N)n3)CC2)cc(C)n1. The summed E-state index contributed by atoms with van der Waals surface area (Å²) in [5.74, 6) is 1.60. The third-order valence-electron chi connectivity index (χ3n) is 4.10. The third-order valence-corrected chi connectivity index (χ3v) is 4.10. The van der Waals surface area contributed by atoms with E-state index < -0.39 is 0 Å². The number of nitrogens with two attached hydrogens (primary N) is 1. The van der Waals surface area contributed by atoms with Crippen LogP contribution in [0.25, 0.3) is 0 Å². The van der Waals surface area contributed by atoms with Crippen LogP contribution in [0.2, 0.25) is 0 Å². The fourth-order valence-electron chi connectivity index (χ4n) is 3.08. The quantitative estimate of drug-likeness (QED) is 0.912. The minimum atomic E-state index is 0.0529. The summed E-state index contributed by atoms with van der Waals surface area (Å²) in [7, 11) is 0. The van der Waals surface area contributed by atoms with E-state index in [1.807, 2.05) is 33.8 Å². The van der Waals surface area contributed by atoms with Gasteiger partial charge in [-0.25, -0.2) is 0 Å². The molecule has 3 rings (SSSR count). The summed E-state index contributed by atoms with van der Waals surface area (Å²) in [5.41, 5.74) is 9.18. The maximum atomic E-state index is 5.85. The van der Waals surface area contributed by atoms with Crippen LogP contribution in [-0.4, -0.2) is 47.2 Å². The Morgan fingerprint density at radius 3 is 2.12 bits per heavy atom. The maximum Gasteiger partial charge on any atom is 0.225 e. The smallest absolute Gasteiger partial charge is 0.225 e. The number of piperazine rings is 1. The number of aryl methyl sites for hydroxylation is 2. The van der Waals surface area contributed by atoms with E-state index in [0.29, 0.717) is 5.88 Å². The van der Waals surface area contributed by atoms with Gasteiger partial charge in [0.2, 0.25) is 11.8 Å². The van der Waals surface area contributed by atoms with E-state index in [-0.39, 0.29) is 12.1 Å². The lowest BCUT2D eigenvalue weighted by Crippen LogP contribution is -2.47. The molecule has 0 saturated carbocycles. The van der Waals surface area contributed by atoms with Gasteiger partial charge >= 0.3 is 0 Å². The molecule has 7 heteroatoms. The van der Waals surface area contributed by atoms with Gasteiger partial charge in [-0.2, -0.15) is 9.97 Å². The average Bonchev–Trinajstić information content (AvgIpc) is 2.53. The Bertz CT molecular complexity index is 720. The number of ether oxygens (including phenoxy) is 1. The van der Waals surface area contributed by atoms with Gasteiger partial charge in [0.15, 0.2) is 0 Å². The van der Waals surface area contributed by atoms with E-state index in [2.05, 4.69) is 36.9 Å². The van der Waals surface area contributed by atoms with Crippen molar-refractivity contribution in [2.75, 3.05) is 41.7 Å². The molecule has 7 nitrogen and oxygen atoms in total. The summed E-state index contributed by atoms with van der Waals surface area (Å²) in [6.07, 6.45) is 0.0529. The van der Waals surface area contributed by atoms with Crippen LogP contribution in [0.15, 0.2) is 18.2 Å². The molecule has 2 aromatic heterocycles. The molecule has 0 spiro atoms. The van der Waals surface area contributed by atoms with Crippen molar-refractivity contribution in [3.63, 3.8) is 0 Å². The van der Waals surface area contributed by atoms with Crippen LogP contribution >= 0.6 is 0 Å². The van der Waals surface area contributed by atoms with E-state index in [0.717, 1.165) is 43.4 Å². The van der Waals surface area contributed by atoms with Gasteiger partial charge in [-0.3, -0.25) is 4.98 Å². The van der Waals surface area contributed by atoms with Crippen molar-refractivity contribution < 1.29 is 4.74 Å². The molecule has 2 aromatic rings. The molecule has 0 aliphatic carbocycles. The Hall–Kier alpha value is -2.57. The highest BCUT2D eigenvalue weighted by Gasteiger charge is 2.20. The average molecular weight is 342 g/mol. The summed E-state index contributed by atoms with van der Waals surface area (Å²) >= 11 is 0. The van der Waals surface area contributed by atoms with Crippen molar-refractivity contribution in [2.45, 2.75) is 33.8 Å². The van der Waals surface area contributed by atoms with Gasteiger partial charge in [0, 0.05) is 49.3 Å². The Balaban J connectivity index is 1.70. The summed E-state index contributed by atoms with van der Waals surface area (Å²) in [4.78, 5) is 17.6. The first kappa shape index (κ1) is 17.3. The first-order chi connectivity index (χ1) is 11.9. The lowest BCUT2D eigenvalue weighted by molar-refractivity contribution is 0.232. The predicted octanol–water partition coefficient (Wildman–Crippen LogP) is 2.18. The highest BCUT2D eigenvalue weighted by molar-refractivity contribution is 5.52. The van der Waals surface area contributed by atoms with Crippen LogP contribution in [0.3, 0.4) is 0 Å². The predicted molar refractivity (Wildman–Crippen MR) is 100 cm³/mol. The molecule has 1 fully saturated rings. The number of hydrogen-bond donors (Lipinski definition) is 1. The van der Waals surface area contributed by atoms with Crippen LogP contribution in [0.1, 0.15) is 25.2 Å². The van der Waals surface area contributed by atoms with Crippen molar-refractivity contribution in [3.05, 3.63) is 29.6 Å². The molecule has 134 valence electrons. The summed E-state index contributed by atoms with van der Waals surface area (Å²) in [6.45, 7) is 11.6. The highest BCUT2D eigenvalue weighted by Crippen LogP contribution is 2.23. The minimum Gasteiger partial charge on any atom is -0.475 e. The van der Waals surface area contributed by atoms with Gasteiger partial charge in [0.1, 0.15) is 5.82 Å². The first-order valence-electron chi connectivity index (χ1n) is 8.67. The van der Waals surface area contributed by atoms with Crippen molar-refractivity contribution in [1.29, 1.82) is 0 Å². The molecule has 0 unspecified atom stereocenters. The molecule has 2 N–H and O–H groups in total. The largest absolute Gasteiger partial charge is 0.475 e. The van der Waals surface area contributed by atoms with E-state index in [1.54, 1.807) is 0 Å². The van der Waals surface area contributed by atoms with Gasteiger partial charge in [-0.05, 0) is 39.8 Å². The van der Waals surface area contributed by atoms with Crippen LogP contribution in [0.4, 0.5) is 17.5 Å². The van der Waals surface area contributed by atoms with Crippen LogP contribution in [-0.2, 0) is 0 Å². The van der Waals surface area contributed by atoms with Crippen LogP contribution in [0.5, 0.6) is 5.88 Å². The Labute approximate surface area is 148 Å². The fourth-order valence-corrected chi connectivity index (χ4v) is 3.08. The maximum absolute atomic E-state index is 5.85. The number of nitrogens with zero attached hydrogens (tertiary/aromatic N) is 5. The Morgan fingerprint density at radius 1 is 0.920 bits per heavy atom. The molecule has 1 aliphatic heterocycles. The van der Waals surface area contributed by atoms with E-state index in [9.17, 15) is 0 Å². The van der Waals surface area contributed by atoms with Gasteiger partial charge in [-0.1, -0.05) is 0 Å². The number of aromatic nitrogens is 3. The third kappa shape index (κ3) is 4.29. The van der Waals surface area contributed by atoms with E-state index in [1.165, 1.54) is 5.69 Å². The van der Waals surface area contributed by atoms with Gasteiger partial charge in [0.25, 0.3) is 0 Å². The summed E-state index contributed by atoms with van der Waals surface area (Å²) < 4.78 is 5.67. The van der Waals surface area contributed by atoms with Crippen LogP contribution < -0.4 is 20.3 Å². The lowest BCUT2D eigenvalue weighted by atomic mass is 10.2. The van der Waals surface area contributed by atoms with Crippen molar-refractivity contribution in [2.24, 2.45) is 0 Å². The van der Waals surface area contributed by atoms with Crippen molar-refractivity contribution in [1.82, 2.24) is 15.0 Å². The van der Waals surface area contributed by atoms with Gasteiger partial charge < -0.3 is 20.3 Å². The normalized spacial score (nSPS) is 14.9. The molecule has 0 bridgehead atoms. The van der Waals surface area contributed by atoms with Crippen molar-refractivity contribution >= 4 is 17.5 Å². The zero-order valence-corrected chi connectivity index (χ0v) is 15.4. The Morgan fingerprint density at radius 2 is 1.52 bits per heavy atom. The first-order valence-corrected chi connectivity index (χ1v) is 8.67. The molecule has 0 aromatic carbocycles. The number of anilines is 3. The number of rotatable bonds is 4. The second kappa shape index (κ2) is 7.13. The molecule has 0 atom stereocenters. The van der Waals surface area contributed by atoms with Crippen molar-refractivity contribution in [3.8, 4) is 5.88 Å². The molecular weight excluding hydrogens is 316 g/mol. The molecule has 25 heavy (non-hydrogen) atoms. The highest BCUT2D eigenvalue weighted by atomic mass is 16.5. The Kier molecular flexibility index (Phi) is 4.92. The second-order valence-electron chi connectivity index (χ2n) is 6.67. The zero-order chi connectivity index (χ0) is 18.0. The molecule has 0 radical (unpaired) electrons. The number of nitrogen functional groups attached to an aromatic ring is 1. The monoisotopic (exact) mass is 342 g/mol. The van der Waals surface area contributed by atoms with Gasteiger partial charge in [0.05, 0.1) is 6.10 Å². The molecule has 1 aliphatic rings. The molecule has 3 heterocycles. The summed E-state index contributed by atoms with van der Waals surface area (Å²) in [5, 5.41) is 0. The van der Waals surface area contributed by atoms with Gasteiger partial charge in [-0.15, -0.1) is 0 Å². The standard InChI is InChI=1S/C18H26N6O/c1-12(2)25-17-11-16(21-18(19)22-17)24-7-5-23(6-8-24)15-9-13(3)20-14(4)10-15/h9-12H,5-8H2,1-4H3,(H2,19,21,22). The van der Waals surface area contributed by atoms with E-state index >= 15 is 0 Å². The zero-order valence-electron chi connectivity index (χ0n) is 15.4. The number of hydrogen-bond acceptors (Lipinski definition) is 7. The lowest BCUT2D eigenvalue weighted by Gasteiger charge is -2.37.